The summed E-state index contributed by atoms with van der Waals surface area (Å²) in [6, 6.07) is 7.18. The molecular weight excluding hydrogens is 462 g/mol. The number of amides is 1. The minimum Gasteiger partial charge on any atom is -0.391 e. The normalized spacial score (nSPS) is 17.4. The first-order valence-corrected chi connectivity index (χ1v) is 11.9. The number of pyridine rings is 1. The number of carbonyl (C=O) groups excluding carboxylic acids is 1. The molecular formula is C24H31N9O3. The lowest BCUT2D eigenvalue weighted by molar-refractivity contribution is 0.0937. The molecule has 0 aromatic carbocycles. The zero-order valence-electron chi connectivity index (χ0n) is 20.7. The molecule has 0 spiro atoms. The molecule has 1 amide bonds. The van der Waals surface area contributed by atoms with Crippen LogP contribution in [-0.4, -0.2) is 77.1 Å². The Balaban J connectivity index is 1.66. The summed E-state index contributed by atoms with van der Waals surface area (Å²) in [5, 5.41) is 33.8. The van der Waals surface area contributed by atoms with E-state index in [-0.39, 0.29) is 17.6 Å². The van der Waals surface area contributed by atoms with Crippen molar-refractivity contribution in [1.82, 2.24) is 24.9 Å². The smallest absolute Gasteiger partial charge is 0.255 e. The number of aliphatic hydroxyl groups is 1. The third kappa shape index (κ3) is 5.48. The Morgan fingerprint density at radius 2 is 2.11 bits per heavy atom. The molecule has 0 unspecified atom stereocenters. The summed E-state index contributed by atoms with van der Waals surface area (Å²) < 4.78 is 6.46. The quantitative estimate of drug-likeness (QED) is 0.325. The Bertz CT molecular complexity index is 1270. The highest BCUT2D eigenvalue weighted by molar-refractivity contribution is 5.99. The molecule has 3 aromatic rings. The van der Waals surface area contributed by atoms with E-state index in [4.69, 9.17) is 4.74 Å². The standard InChI is InChI=1S/C24H31N9O3/c1-32(2)22-16(24(35)26-10-11-36-3)8-9-20(30-22)29-18-12-21(28-17-6-4-5-7-19(17)34)31-33-15(13-25)14-27-23(18)33/h8-9,12,14,17,19,34H,4-7,10-11H2,1-3H3,(H,26,35)(H,28,31)(H,29,30)/t17-,19-/m1/s1. The van der Waals surface area contributed by atoms with Crippen molar-refractivity contribution in [1.29, 1.82) is 5.26 Å². The van der Waals surface area contributed by atoms with Gasteiger partial charge in [0.15, 0.2) is 11.3 Å². The van der Waals surface area contributed by atoms with Gasteiger partial charge in [-0.1, -0.05) is 12.8 Å². The van der Waals surface area contributed by atoms with Crippen LogP contribution >= 0.6 is 0 Å². The molecule has 3 aromatic heterocycles. The number of nitriles is 1. The second-order valence-electron chi connectivity index (χ2n) is 8.87. The van der Waals surface area contributed by atoms with Crippen molar-refractivity contribution in [2.45, 2.75) is 37.8 Å². The molecule has 36 heavy (non-hydrogen) atoms. The molecule has 4 N–H and O–H groups in total. The monoisotopic (exact) mass is 493 g/mol. The largest absolute Gasteiger partial charge is 0.391 e. The van der Waals surface area contributed by atoms with Crippen LogP contribution in [0.5, 0.6) is 0 Å². The van der Waals surface area contributed by atoms with Gasteiger partial charge in [0.2, 0.25) is 0 Å². The molecule has 12 nitrogen and oxygen atoms in total. The Labute approximate surface area is 209 Å². The van der Waals surface area contributed by atoms with Gasteiger partial charge < -0.3 is 30.7 Å². The van der Waals surface area contributed by atoms with Gasteiger partial charge >= 0.3 is 0 Å². The summed E-state index contributed by atoms with van der Waals surface area (Å²) in [4.78, 5) is 23.4. The highest BCUT2D eigenvalue weighted by Gasteiger charge is 2.24. The number of hydrogen-bond donors (Lipinski definition) is 4. The van der Waals surface area contributed by atoms with E-state index in [1.165, 1.54) is 10.7 Å². The minimum atomic E-state index is -0.460. The predicted octanol–water partition coefficient (Wildman–Crippen LogP) is 1.90. The fraction of sp³-hybridized carbons (Fsp3) is 0.458. The number of imidazole rings is 1. The number of aromatic nitrogens is 4. The van der Waals surface area contributed by atoms with E-state index in [2.05, 4.69) is 37.1 Å². The summed E-state index contributed by atoms with van der Waals surface area (Å²) in [6.07, 6.45) is 4.59. The van der Waals surface area contributed by atoms with Crippen molar-refractivity contribution in [2.75, 3.05) is 49.9 Å². The Morgan fingerprint density at radius 1 is 1.31 bits per heavy atom. The minimum absolute atomic E-state index is 0.125. The third-order valence-electron chi connectivity index (χ3n) is 6.04. The lowest BCUT2D eigenvalue weighted by atomic mass is 9.92. The van der Waals surface area contributed by atoms with Gasteiger partial charge in [-0.25, -0.2) is 9.97 Å². The van der Waals surface area contributed by atoms with E-state index in [0.717, 1.165) is 25.7 Å². The first-order chi connectivity index (χ1) is 17.4. The van der Waals surface area contributed by atoms with E-state index in [1.807, 2.05) is 14.1 Å². The van der Waals surface area contributed by atoms with Crippen LogP contribution in [0.15, 0.2) is 24.4 Å². The molecule has 1 aliphatic carbocycles. The van der Waals surface area contributed by atoms with Crippen LogP contribution in [-0.2, 0) is 4.74 Å². The Kier molecular flexibility index (Phi) is 7.82. The fourth-order valence-electron chi connectivity index (χ4n) is 4.21. The molecule has 2 atom stereocenters. The van der Waals surface area contributed by atoms with Gasteiger partial charge in [0.25, 0.3) is 5.91 Å². The number of nitrogens with zero attached hydrogens (tertiary/aromatic N) is 6. The average molecular weight is 494 g/mol. The maximum atomic E-state index is 12.7. The predicted molar refractivity (Wildman–Crippen MR) is 136 cm³/mol. The third-order valence-corrected chi connectivity index (χ3v) is 6.04. The maximum absolute atomic E-state index is 12.7. The number of rotatable bonds is 9. The number of ether oxygens (including phenoxy) is 1. The highest BCUT2D eigenvalue weighted by atomic mass is 16.5. The summed E-state index contributed by atoms with van der Waals surface area (Å²) in [5.74, 6) is 1.24. The van der Waals surface area contributed by atoms with Crippen LogP contribution < -0.4 is 20.9 Å². The molecule has 1 saturated carbocycles. The SMILES string of the molecule is COCCNC(=O)c1ccc(Nc2cc(N[C@@H]3CCCC[C@H]3O)nn3c(C#N)cnc23)nc1N(C)C. The fourth-order valence-corrected chi connectivity index (χ4v) is 4.21. The van der Waals surface area contributed by atoms with Crippen LogP contribution in [0.4, 0.5) is 23.1 Å². The lowest BCUT2D eigenvalue weighted by Gasteiger charge is -2.28. The molecule has 4 rings (SSSR count). The molecule has 1 fully saturated rings. The van der Waals surface area contributed by atoms with Gasteiger partial charge in [-0.3, -0.25) is 4.79 Å². The van der Waals surface area contributed by atoms with Crippen LogP contribution in [0.2, 0.25) is 0 Å². The molecule has 0 bridgehead atoms. The summed E-state index contributed by atoms with van der Waals surface area (Å²) in [6.45, 7) is 0.807. The number of aliphatic hydroxyl groups excluding tert-OH is 1. The maximum Gasteiger partial charge on any atom is 0.255 e. The average Bonchev–Trinajstić information content (AvgIpc) is 3.29. The van der Waals surface area contributed by atoms with E-state index < -0.39 is 6.10 Å². The first kappa shape index (κ1) is 25.2. The summed E-state index contributed by atoms with van der Waals surface area (Å²) in [7, 11) is 5.20. The van der Waals surface area contributed by atoms with E-state index >= 15 is 0 Å². The van der Waals surface area contributed by atoms with Gasteiger partial charge in [-0.2, -0.15) is 9.78 Å². The van der Waals surface area contributed by atoms with Gasteiger partial charge in [0.05, 0.1) is 36.2 Å². The Hall–Kier alpha value is -3.95. The topological polar surface area (TPSA) is 153 Å². The van der Waals surface area contributed by atoms with Gasteiger partial charge in [0, 0.05) is 33.8 Å². The van der Waals surface area contributed by atoms with Crippen molar-refractivity contribution in [2.24, 2.45) is 0 Å². The first-order valence-electron chi connectivity index (χ1n) is 11.9. The van der Waals surface area contributed by atoms with Gasteiger partial charge in [-0.15, -0.1) is 5.10 Å². The number of methoxy groups -OCH3 is 1. The van der Waals surface area contributed by atoms with Crippen molar-refractivity contribution in [3.63, 3.8) is 0 Å². The van der Waals surface area contributed by atoms with E-state index in [1.54, 1.807) is 30.2 Å². The molecule has 3 heterocycles. The molecule has 190 valence electrons. The molecule has 0 aliphatic heterocycles. The van der Waals surface area contributed by atoms with Gasteiger partial charge in [-0.05, 0) is 25.0 Å². The second-order valence-corrected chi connectivity index (χ2v) is 8.87. The van der Waals surface area contributed by atoms with Crippen molar-refractivity contribution >= 4 is 34.7 Å². The highest BCUT2D eigenvalue weighted by Crippen LogP contribution is 2.28. The zero-order valence-corrected chi connectivity index (χ0v) is 20.7. The van der Waals surface area contributed by atoms with Crippen LogP contribution in [0.25, 0.3) is 5.65 Å². The lowest BCUT2D eigenvalue weighted by Crippen LogP contribution is -2.36. The number of nitrogens with one attached hydrogen (secondary N) is 3. The van der Waals surface area contributed by atoms with Crippen molar-refractivity contribution < 1.29 is 14.6 Å². The summed E-state index contributed by atoms with van der Waals surface area (Å²) >= 11 is 0. The van der Waals surface area contributed by atoms with E-state index in [9.17, 15) is 15.2 Å². The number of hydrogen-bond acceptors (Lipinski definition) is 10. The van der Waals surface area contributed by atoms with E-state index in [0.29, 0.717) is 47.5 Å². The molecule has 0 saturated heterocycles. The van der Waals surface area contributed by atoms with Crippen molar-refractivity contribution in [3.8, 4) is 6.07 Å². The van der Waals surface area contributed by atoms with Crippen LogP contribution in [0.3, 0.4) is 0 Å². The molecule has 0 radical (unpaired) electrons. The van der Waals surface area contributed by atoms with Crippen molar-refractivity contribution in [3.05, 3.63) is 35.7 Å². The van der Waals surface area contributed by atoms with Crippen LogP contribution in [0.1, 0.15) is 41.7 Å². The summed E-state index contributed by atoms with van der Waals surface area (Å²) in [5.41, 5.74) is 1.75. The number of anilines is 4. The Morgan fingerprint density at radius 3 is 2.83 bits per heavy atom. The van der Waals surface area contributed by atoms with Gasteiger partial charge in [0.1, 0.15) is 23.5 Å². The number of carbonyl (C=O) groups is 1. The molecule has 1 aliphatic rings. The number of fused-ring (bicyclic) bond motifs is 1. The second kappa shape index (κ2) is 11.2. The zero-order chi connectivity index (χ0) is 25.7. The molecule has 12 heteroatoms. The van der Waals surface area contributed by atoms with Crippen LogP contribution in [0, 0.1) is 11.3 Å².